The minimum absolute atomic E-state index is 0.226. The molecular weight excluding hydrogens is 406 g/mol. The van der Waals surface area contributed by atoms with E-state index in [4.69, 9.17) is 4.74 Å². The van der Waals surface area contributed by atoms with E-state index in [9.17, 15) is 8.42 Å². The topological polar surface area (TPSA) is 118 Å². The van der Waals surface area contributed by atoms with Crippen molar-refractivity contribution in [2.45, 2.75) is 4.90 Å². The first kappa shape index (κ1) is 18.7. The van der Waals surface area contributed by atoms with Crippen LogP contribution in [0.15, 0.2) is 60.1 Å². The van der Waals surface area contributed by atoms with Gasteiger partial charge in [-0.25, -0.2) is 18.4 Å². The molecule has 11 heteroatoms. The second-order valence-corrected chi connectivity index (χ2v) is 8.71. The van der Waals surface area contributed by atoms with E-state index in [0.717, 1.165) is 11.3 Å². The molecule has 0 amide bonds. The number of nitrogens with zero attached hydrogens (tertiary/aromatic N) is 5. The first-order valence-electron chi connectivity index (χ1n) is 9.39. The fourth-order valence-corrected chi connectivity index (χ4v) is 4.87. The van der Waals surface area contributed by atoms with Crippen LogP contribution in [-0.2, 0) is 14.8 Å². The molecule has 4 heterocycles. The standard InChI is InChI=1S/C19H19N7O3S/c27-30(28,25-6-8-29-9-7-25)16-3-1-2-15(10-16)24-18-19-21-13-17(14-11-22-23-12-14)26(19)5-4-20-18/h1-5,10-13H,6-9H2,(H,20,24)(H,22,23). The lowest BCUT2D eigenvalue weighted by molar-refractivity contribution is 0.0730. The van der Waals surface area contributed by atoms with Crippen molar-refractivity contribution >= 4 is 27.2 Å². The Balaban J connectivity index is 1.47. The van der Waals surface area contributed by atoms with Crippen molar-refractivity contribution in [2.24, 2.45) is 0 Å². The molecule has 4 aromatic rings. The number of fused-ring (bicyclic) bond motifs is 1. The van der Waals surface area contributed by atoms with Crippen LogP contribution in [0.5, 0.6) is 0 Å². The molecule has 5 rings (SSSR count). The summed E-state index contributed by atoms with van der Waals surface area (Å²) in [4.78, 5) is 9.08. The summed E-state index contributed by atoms with van der Waals surface area (Å²) in [6, 6.07) is 6.70. The molecule has 1 aromatic carbocycles. The van der Waals surface area contributed by atoms with E-state index in [1.807, 2.05) is 10.6 Å². The van der Waals surface area contributed by atoms with Gasteiger partial charge in [0.2, 0.25) is 10.0 Å². The van der Waals surface area contributed by atoms with Crippen LogP contribution in [0.25, 0.3) is 16.9 Å². The van der Waals surface area contributed by atoms with Crippen LogP contribution in [0, 0.1) is 0 Å². The number of benzene rings is 1. The molecule has 0 saturated carbocycles. The van der Waals surface area contributed by atoms with Crippen LogP contribution in [0.4, 0.5) is 11.5 Å². The number of imidazole rings is 1. The molecule has 0 spiro atoms. The van der Waals surface area contributed by atoms with Crippen LogP contribution in [-0.4, -0.2) is 63.6 Å². The third kappa shape index (κ3) is 3.32. The van der Waals surface area contributed by atoms with Crippen LogP contribution in [0.2, 0.25) is 0 Å². The van der Waals surface area contributed by atoms with Crippen molar-refractivity contribution in [1.82, 2.24) is 28.9 Å². The number of sulfonamides is 1. The Hall–Kier alpha value is -3.28. The van der Waals surface area contributed by atoms with Crippen molar-refractivity contribution in [2.75, 3.05) is 31.6 Å². The zero-order valence-corrected chi connectivity index (χ0v) is 16.7. The first-order valence-corrected chi connectivity index (χ1v) is 10.8. The van der Waals surface area contributed by atoms with E-state index < -0.39 is 10.0 Å². The molecule has 1 aliphatic rings. The summed E-state index contributed by atoms with van der Waals surface area (Å²) in [5, 5.41) is 9.97. The Bertz CT molecular complexity index is 1280. The second-order valence-electron chi connectivity index (χ2n) is 6.77. The summed E-state index contributed by atoms with van der Waals surface area (Å²) >= 11 is 0. The van der Waals surface area contributed by atoms with Gasteiger partial charge < -0.3 is 10.1 Å². The summed E-state index contributed by atoms with van der Waals surface area (Å²) in [7, 11) is -3.58. The van der Waals surface area contributed by atoms with Crippen LogP contribution >= 0.6 is 0 Å². The van der Waals surface area contributed by atoms with Crippen LogP contribution in [0.1, 0.15) is 0 Å². The second kappa shape index (κ2) is 7.52. The molecule has 0 aliphatic carbocycles. The molecule has 3 aromatic heterocycles. The lowest BCUT2D eigenvalue weighted by Crippen LogP contribution is -2.40. The van der Waals surface area contributed by atoms with E-state index in [2.05, 4.69) is 25.5 Å². The average molecular weight is 425 g/mol. The number of aromatic nitrogens is 5. The summed E-state index contributed by atoms with van der Waals surface area (Å²) in [6.07, 6.45) is 8.73. The van der Waals surface area contributed by atoms with E-state index in [1.54, 1.807) is 49.1 Å². The summed E-state index contributed by atoms with van der Waals surface area (Å²) in [6.45, 7) is 1.52. The Labute approximate surface area is 172 Å². The molecular formula is C19H19N7O3S. The quantitative estimate of drug-likeness (QED) is 0.501. The van der Waals surface area contributed by atoms with E-state index in [-0.39, 0.29) is 4.90 Å². The Morgan fingerprint density at radius 1 is 1.13 bits per heavy atom. The number of H-pyrrole nitrogens is 1. The molecule has 0 bridgehead atoms. The molecule has 0 atom stereocenters. The molecule has 0 unspecified atom stereocenters. The predicted molar refractivity (Wildman–Crippen MR) is 110 cm³/mol. The largest absolute Gasteiger partial charge is 0.379 e. The minimum Gasteiger partial charge on any atom is -0.379 e. The highest BCUT2D eigenvalue weighted by atomic mass is 32.2. The number of anilines is 2. The fraction of sp³-hybridized carbons (Fsp3) is 0.211. The van der Waals surface area contributed by atoms with Crippen molar-refractivity contribution in [3.05, 3.63) is 55.2 Å². The number of nitrogens with one attached hydrogen (secondary N) is 2. The molecule has 0 radical (unpaired) electrons. The van der Waals surface area contributed by atoms with Crippen molar-refractivity contribution in [3.8, 4) is 11.3 Å². The zero-order chi connectivity index (χ0) is 20.6. The Morgan fingerprint density at radius 2 is 2.00 bits per heavy atom. The Morgan fingerprint density at radius 3 is 2.80 bits per heavy atom. The maximum atomic E-state index is 12.9. The molecule has 30 heavy (non-hydrogen) atoms. The number of aromatic amines is 1. The molecule has 10 nitrogen and oxygen atoms in total. The third-order valence-corrected chi connectivity index (χ3v) is 6.82. The fourth-order valence-electron chi connectivity index (χ4n) is 3.42. The minimum atomic E-state index is -3.58. The van der Waals surface area contributed by atoms with Crippen molar-refractivity contribution in [1.29, 1.82) is 0 Å². The first-order chi connectivity index (χ1) is 14.6. The number of hydrogen-bond acceptors (Lipinski definition) is 7. The van der Waals surface area contributed by atoms with Crippen molar-refractivity contribution < 1.29 is 13.2 Å². The highest BCUT2D eigenvalue weighted by Gasteiger charge is 2.26. The number of ether oxygens (including phenoxy) is 1. The highest BCUT2D eigenvalue weighted by Crippen LogP contribution is 2.26. The van der Waals surface area contributed by atoms with Crippen molar-refractivity contribution in [3.63, 3.8) is 0 Å². The van der Waals surface area contributed by atoms with Gasteiger partial charge in [-0.05, 0) is 18.2 Å². The van der Waals surface area contributed by atoms with Gasteiger partial charge in [-0.15, -0.1) is 0 Å². The van der Waals surface area contributed by atoms with Gasteiger partial charge in [0, 0.05) is 42.9 Å². The van der Waals surface area contributed by atoms with E-state index >= 15 is 0 Å². The van der Waals surface area contributed by atoms with Gasteiger partial charge in [-0.2, -0.15) is 9.40 Å². The van der Waals surface area contributed by atoms with E-state index in [0.29, 0.717) is 43.5 Å². The SMILES string of the molecule is O=S(=O)(c1cccc(Nc2nccn3c(-c4cn[nH]c4)cnc23)c1)N1CCOCC1. The lowest BCUT2D eigenvalue weighted by atomic mass is 10.3. The predicted octanol–water partition coefficient (Wildman–Crippen LogP) is 1.88. The molecule has 2 N–H and O–H groups in total. The molecule has 1 fully saturated rings. The van der Waals surface area contributed by atoms with Crippen LogP contribution in [0.3, 0.4) is 0 Å². The molecule has 1 aliphatic heterocycles. The van der Waals surface area contributed by atoms with Gasteiger partial charge in [-0.1, -0.05) is 6.07 Å². The summed E-state index contributed by atoms with van der Waals surface area (Å²) in [5.41, 5.74) is 3.00. The van der Waals surface area contributed by atoms with Gasteiger partial charge in [0.05, 0.1) is 36.2 Å². The normalized spacial score (nSPS) is 15.5. The smallest absolute Gasteiger partial charge is 0.243 e. The summed E-state index contributed by atoms with van der Waals surface area (Å²) in [5.74, 6) is 0.521. The number of hydrogen-bond donors (Lipinski definition) is 2. The zero-order valence-electron chi connectivity index (χ0n) is 15.9. The maximum Gasteiger partial charge on any atom is 0.243 e. The van der Waals surface area contributed by atoms with Gasteiger partial charge in [0.15, 0.2) is 11.5 Å². The third-order valence-electron chi connectivity index (χ3n) is 4.93. The van der Waals surface area contributed by atoms with Gasteiger partial charge in [0.25, 0.3) is 0 Å². The Kier molecular flexibility index (Phi) is 4.69. The average Bonchev–Trinajstić information content (AvgIpc) is 3.45. The summed E-state index contributed by atoms with van der Waals surface area (Å²) < 4.78 is 34.5. The van der Waals surface area contributed by atoms with Gasteiger partial charge >= 0.3 is 0 Å². The van der Waals surface area contributed by atoms with Gasteiger partial charge in [0.1, 0.15) is 0 Å². The highest BCUT2D eigenvalue weighted by molar-refractivity contribution is 7.89. The lowest BCUT2D eigenvalue weighted by Gasteiger charge is -2.26. The van der Waals surface area contributed by atoms with Gasteiger partial charge in [-0.3, -0.25) is 9.50 Å². The monoisotopic (exact) mass is 425 g/mol. The van der Waals surface area contributed by atoms with E-state index in [1.165, 1.54) is 4.31 Å². The van der Waals surface area contributed by atoms with Crippen LogP contribution < -0.4 is 5.32 Å². The maximum absolute atomic E-state index is 12.9. The number of rotatable bonds is 5. The molecule has 1 saturated heterocycles. The number of morpholine rings is 1. The molecule has 154 valence electrons.